The molecule has 6 heteroatoms. The van der Waals surface area contributed by atoms with Gasteiger partial charge < -0.3 is 15.0 Å². The van der Waals surface area contributed by atoms with Gasteiger partial charge in [0.05, 0.1) is 6.54 Å². The van der Waals surface area contributed by atoms with Crippen molar-refractivity contribution in [3.05, 3.63) is 65.7 Å². The van der Waals surface area contributed by atoms with Crippen LogP contribution in [0, 0.1) is 11.6 Å². The minimum Gasteiger partial charge on any atom is -0.492 e. The third-order valence-electron chi connectivity index (χ3n) is 3.15. The summed E-state index contributed by atoms with van der Waals surface area (Å²) in [5, 5.41) is 2.69. The van der Waals surface area contributed by atoms with E-state index in [1.807, 2.05) is 30.3 Å². The fourth-order valence-corrected chi connectivity index (χ4v) is 1.96. The van der Waals surface area contributed by atoms with Crippen LogP contribution in [0.3, 0.4) is 0 Å². The standard InChI is InChI=1S/C17H18F2N2O2/c1-21(12-13-5-3-2-4-6-13)17(22)20-9-10-23-14-7-8-15(18)16(19)11-14/h2-8,11H,9-10,12H2,1H3,(H,20,22). The first-order valence-corrected chi connectivity index (χ1v) is 7.17. The normalized spacial score (nSPS) is 10.2. The lowest BCUT2D eigenvalue weighted by molar-refractivity contribution is 0.203. The number of ether oxygens (including phenoxy) is 1. The summed E-state index contributed by atoms with van der Waals surface area (Å²) in [6, 6.07) is 12.7. The van der Waals surface area contributed by atoms with E-state index in [0.717, 1.165) is 17.7 Å². The average molecular weight is 320 g/mol. The van der Waals surface area contributed by atoms with Crippen LogP contribution in [0.15, 0.2) is 48.5 Å². The fourth-order valence-electron chi connectivity index (χ4n) is 1.96. The van der Waals surface area contributed by atoms with Gasteiger partial charge in [-0.05, 0) is 17.7 Å². The van der Waals surface area contributed by atoms with Crippen LogP contribution in [0.25, 0.3) is 0 Å². The lowest BCUT2D eigenvalue weighted by Gasteiger charge is -2.18. The van der Waals surface area contributed by atoms with Crippen molar-refractivity contribution >= 4 is 6.03 Å². The van der Waals surface area contributed by atoms with Crippen molar-refractivity contribution in [2.24, 2.45) is 0 Å². The summed E-state index contributed by atoms with van der Waals surface area (Å²) in [7, 11) is 1.69. The quantitative estimate of drug-likeness (QED) is 0.831. The first-order chi connectivity index (χ1) is 11.1. The topological polar surface area (TPSA) is 41.6 Å². The van der Waals surface area contributed by atoms with Crippen LogP contribution in [-0.4, -0.2) is 31.1 Å². The molecule has 0 aliphatic rings. The lowest BCUT2D eigenvalue weighted by Crippen LogP contribution is -2.38. The number of halogens is 2. The average Bonchev–Trinajstić information content (AvgIpc) is 2.55. The monoisotopic (exact) mass is 320 g/mol. The van der Waals surface area contributed by atoms with Gasteiger partial charge >= 0.3 is 6.03 Å². The summed E-state index contributed by atoms with van der Waals surface area (Å²) in [6.45, 7) is 0.920. The van der Waals surface area contributed by atoms with E-state index in [-0.39, 0.29) is 24.9 Å². The summed E-state index contributed by atoms with van der Waals surface area (Å²) in [6.07, 6.45) is 0. The molecule has 2 aromatic rings. The zero-order valence-electron chi connectivity index (χ0n) is 12.8. The van der Waals surface area contributed by atoms with Crippen LogP contribution >= 0.6 is 0 Å². The number of hydrogen-bond donors (Lipinski definition) is 1. The first-order valence-electron chi connectivity index (χ1n) is 7.17. The SMILES string of the molecule is CN(Cc1ccccc1)C(=O)NCCOc1ccc(F)c(F)c1. The summed E-state index contributed by atoms with van der Waals surface area (Å²) >= 11 is 0. The molecule has 0 saturated carbocycles. The molecule has 0 aromatic heterocycles. The number of benzene rings is 2. The second kappa shape index (κ2) is 8.12. The van der Waals surface area contributed by atoms with Crippen molar-refractivity contribution in [1.29, 1.82) is 0 Å². The molecular weight excluding hydrogens is 302 g/mol. The molecule has 1 N–H and O–H groups in total. The summed E-state index contributed by atoms with van der Waals surface area (Å²) in [5.41, 5.74) is 1.03. The van der Waals surface area contributed by atoms with Gasteiger partial charge in [0.25, 0.3) is 0 Å². The molecule has 0 spiro atoms. The predicted molar refractivity (Wildman–Crippen MR) is 83.2 cm³/mol. The van der Waals surface area contributed by atoms with Crippen molar-refractivity contribution in [1.82, 2.24) is 10.2 Å². The maximum absolute atomic E-state index is 13.0. The molecule has 0 bridgehead atoms. The van der Waals surface area contributed by atoms with Crippen molar-refractivity contribution in [3.63, 3.8) is 0 Å². The predicted octanol–water partition coefficient (Wildman–Crippen LogP) is 3.19. The number of carbonyl (C=O) groups is 1. The molecule has 4 nitrogen and oxygen atoms in total. The molecule has 0 unspecified atom stereocenters. The van der Waals surface area contributed by atoms with Gasteiger partial charge in [-0.1, -0.05) is 30.3 Å². The molecular formula is C17H18F2N2O2. The zero-order valence-corrected chi connectivity index (χ0v) is 12.8. The van der Waals surface area contributed by atoms with E-state index in [9.17, 15) is 13.6 Å². The Hall–Kier alpha value is -2.63. The van der Waals surface area contributed by atoms with E-state index >= 15 is 0 Å². The van der Waals surface area contributed by atoms with Crippen LogP contribution in [0.4, 0.5) is 13.6 Å². The van der Waals surface area contributed by atoms with Crippen LogP contribution in [0.2, 0.25) is 0 Å². The third-order valence-corrected chi connectivity index (χ3v) is 3.15. The Balaban J connectivity index is 1.71. The van der Waals surface area contributed by atoms with Gasteiger partial charge in [-0.3, -0.25) is 0 Å². The highest BCUT2D eigenvalue weighted by atomic mass is 19.2. The van der Waals surface area contributed by atoms with E-state index in [0.29, 0.717) is 6.54 Å². The summed E-state index contributed by atoms with van der Waals surface area (Å²) in [4.78, 5) is 13.5. The molecule has 2 aromatic carbocycles. The molecule has 0 fully saturated rings. The molecule has 2 rings (SSSR count). The van der Waals surface area contributed by atoms with Gasteiger partial charge in [-0.2, -0.15) is 0 Å². The molecule has 2 amide bonds. The molecule has 0 radical (unpaired) electrons. The van der Waals surface area contributed by atoms with Gasteiger partial charge in [0, 0.05) is 19.7 Å². The van der Waals surface area contributed by atoms with E-state index < -0.39 is 11.6 Å². The number of amides is 2. The molecule has 23 heavy (non-hydrogen) atoms. The Morgan fingerprint density at radius 2 is 1.87 bits per heavy atom. The lowest BCUT2D eigenvalue weighted by atomic mass is 10.2. The van der Waals surface area contributed by atoms with Crippen molar-refractivity contribution in [3.8, 4) is 5.75 Å². The van der Waals surface area contributed by atoms with Gasteiger partial charge in [0.1, 0.15) is 12.4 Å². The summed E-state index contributed by atoms with van der Waals surface area (Å²) < 4.78 is 31.0. The van der Waals surface area contributed by atoms with Gasteiger partial charge in [-0.15, -0.1) is 0 Å². The number of carbonyl (C=O) groups excluding carboxylic acids is 1. The molecule has 122 valence electrons. The van der Waals surface area contributed by atoms with Gasteiger partial charge in [0.15, 0.2) is 11.6 Å². The van der Waals surface area contributed by atoms with Crippen LogP contribution in [0.1, 0.15) is 5.56 Å². The second-order valence-electron chi connectivity index (χ2n) is 5.00. The molecule has 0 atom stereocenters. The molecule has 0 heterocycles. The summed E-state index contributed by atoms with van der Waals surface area (Å²) in [5.74, 6) is -1.67. The molecule has 0 aliphatic carbocycles. The van der Waals surface area contributed by atoms with Crippen LogP contribution < -0.4 is 10.1 Å². The maximum atomic E-state index is 13.0. The highest BCUT2D eigenvalue weighted by Gasteiger charge is 2.08. The van der Waals surface area contributed by atoms with E-state index in [1.54, 1.807) is 11.9 Å². The number of urea groups is 1. The van der Waals surface area contributed by atoms with Crippen molar-refractivity contribution in [2.45, 2.75) is 6.54 Å². The van der Waals surface area contributed by atoms with Crippen LogP contribution in [0.5, 0.6) is 5.75 Å². The first kappa shape index (κ1) is 16.7. The largest absolute Gasteiger partial charge is 0.492 e. The number of nitrogens with one attached hydrogen (secondary N) is 1. The maximum Gasteiger partial charge on any atom is 0.317 e. The Morgan fingerprint density at radius 1 is 1.13 bits per heavy atom. The van der Waals surface area contributed by atoms with E-state index in [2.05, 4.69) is 5.32 Å². The Labute approximate surface area is 133 Å². The Morgan fingerprint density at radius 3 is 2.57 bits per heavy atom. The highest BCUT2D eigenvalue weighted by Crippen LogP contribution is 2.14. The van der Waals surface area contributed by atoms with Crippen molar-refractivity contribution in [2.75, 3.05) is 20.2 Å². The zero-order chi connectivity index (χ0) is 16.7. The van der Waals surface area contributed by atoms with E-state index in [1.165, 1.54) is 6.07 Å². The minimum atomic E-state index is -0.964. The molecule has 0 aliphatic heterocycles. The fraction of sp³-hybridized carbons (Fsp3) is 0.235. The number of nitrogens with zero attached hydrogens (tertiary/aromatic N) is 1. The number of hydrogen-bond acceptors (Lipinski definition) is 2. The van der Waals surface area contributed by atoms with E-state index in [4.69, 9.17) is 4.74 Å². The third kappa shape index (κ3) is 5.25. The Kier molecular flexibility index (Phi) is 5.91. The van der Waals surface area contributed by atoms with Gasteiger partial charge in [0.2, 0.25) is 0 Å². The number of rotatable bonds is 6. The van der Waals surface area contributed by atoms with Gasteiger partial charge in [-0.25, -0.2) is 13.6 Å². The van der Waals surface area contributed by atoms with Crippen LogP contribution in [-0.2, 0) is 6.54 Å². The molecule has 0 saturated heterocycles. The van der Waals surface area contributed by atoms with Crippen molar-refractivity contribution < 1.29 is 18.3 Å². The Bertz CT molecular complexity index is 650. The minimum absolute atomic E-state index is 0.163. The highest BCUT2D eigenvalue weighted by molar-refractivity contribution is 5.73. The second-order valence-corrected chi connectivity index (χ2v) is 5.00. The smallest absolute Gasteiger partial charge is 0.317 e.